The zero-order chi connectivity index (χ0) is 9.26. The van der Waals surface area contributed by atoms with E-state index in [2.05, 4.69) is 16.9 Å². The van der Waals surface area contributed by atoms with E-state index in [0.717, 1.165) is 16.9 Å². The van der Waals surface area contributed by atoms with Crippen molar-refractivity contribution in [3.8, 4) is 0 Å². The highest BCUT2D eigenvalue weighted by atomic mass is 14.9. The van der Waals surface area contributed by atoms with Crippen LogP contribution in [0.25, 0.3) is 11.0 Å². The van der Waals surface area contributed by atoms with Crippen LogP contribution in [0.4, 0.5) is 0 Å². The fourth-order valence-electron chi connectivity index (χ4n) is 1.32. The average molecular weight is 175 g/mol. The molecule has 3 nitrogen and oxygen atoms in total. The highest BCUT2D eigenvalue weighted by Gasteiger charge is 2.07. The van der Waals surface area contributed by atoms with Crippen LogP contribution in [0.5, 0.6) is 0 Å². The van der Waals surface area contributed by atoms with Gasteiger partial charge in [-0.05, 0) is 12.1 Å². The number of nitrogens with one attached hydrogen (secondary N) is 1. The lowest BCUT2D eigenvalue weighted by Crippen LogP contribution is -2.10. The van der Waals surface area contributed by atoms with Gasteiger partial charge in [0.25, 0.3) is 0 Å². The van der Waals surface area contributed by atoms with Gasteiger partial charge in [-0.15, -0.1) is 0 Å². The maximum atomic E-state index is 5.57. The lowest BCUT2D eigenvalue weighted by molar-refractivity contribution is 0.728. The summed E-state index contributed by atoms with van der Waals surface area (Å²) < 4.78 is 0. The standard InChI is InChI=1S/C10H13N3/c1-7(6-11)10-12-8-4-2-3-5-9(8)13-10/h2-5,7H,6,11H2,1H3,(H,12,13). The van der Waals surface area contributed by atoms with Crippen molar-refractivity contribution in [2.24, 2.45) is 5.73 Å². The molecule has 1 heterocycles. The molecule has 0 amide bonds. The molecule has 2 rings (SSSR count). The van der Waals surface area contributed by atoms with Gasteiger partial charge in [0, 0.05) is 12.5 Å². The molecule has 0 aliphatic heterocycles. The third kappa shape index (κ3) is 1.42. The average Bonchev–Trinajstić information content (AvgIpc) is 2.59. The van der Waals surface area contributed by atoms with Gasteiger partial charge in [-0.25, -0.2) is 4.98 Å². The van der Waals surface area contributed by atoms with Gasteiger partial charge in [0.05, 0.1) is 11.0 Å². The minimum atomic E-state index is 0.299. The van der Waals surface area contributed by atoms with Crippen LogP contribution >= 0.6 is 0 Å². The van der Waals surface area contributed by atoms with Crippen LogP contribution in [0.2, 0.25) is 0 Å². The predicted molar refractivity (Wildman–Crippen MR) is 53.6 cm³/mol. The van der Waals surface area contributed by atoms with Gasteiger partial charge in [-0.2, -0.15) is 0 Å². The van der Waals surface area contributed by atoms with Gasteiger partial charge in [0.2, 0.25) is 0 Å². The topological polar surface area (TPSA) is 54.7 Å². The van der Waals surface area contributed by atoms with Crippen LogP contribution in [0, 0.1) is 0 Å². The molecule has 13 heavy (non-hydrogen) atoms. The zero-order valence-corrected chi connectivity index (χ0v) is 7.62. The number of benzene rings is 1. The molecule has 0 saturated heterocycles. The fraction of sp³-hybridized carbons (Fsp3) is 0.300. The van der Waals surface area contributed by atoms with Crippen LogP contribution in [-0.4, -0.2) is 16.5 Å². The number of nitrogens with two attached hydrogens (primary N) is 1. The Morgan fingerprint density at radius 3 is 2.92 bits per heavy atom. The van der Waals surface area contributed by atoms with E-state index in [1.54, 1.807) is 0 Å². The summed E-state index contributed by atoms with van der Waals surface area (Å²) in [6.45, 7) is 2.69. The molecule has 68 valence electrons. The molecule has 3 heteroatoms. The van der Waals surface area contributed by atoms with E-state index in [9.17, 15) is 0 Å². The second-order valence-corrected chi connectivity index (χ2v) is 3.28. The predicted octanol–water partition coefficient (Wildman–Crippen LogP) is 1.63. The maximum absolute atomic E-state index is 5.57. The minimum absolute atomic E-state index is 0.299. The van der Waals surface area contributed by atoms with Crippen molar-refractivity contribution in [3.05, 3.63) is 30.1 Å². The molecule has 0 spiro atoms. The molecule has 0 bridgehead atoms. The third-order valence-electron chi connectivity index (χ3n) is 2.23. The monoisotopic (exact) mass is 175 g/mol. The van der Waals surface area contributed by atoms with Gasteiger partial charge < -0.3 is 10.7 Å². The molecule has 1 unspecified atom stereocenters. The number of imidazole rings is 1. The fourth-order valence-corrected chi connectivity index (χ4v) is 1.32. The Hall–Kier alpha value is -1.35. The van der Waals surface area contributed by atoms with Crippen LogP contribution in [0.15, 0.2) is 24.3 Å². The van der Waals surface area contributed by atoms with E-state index in [-0.39, 0.29) is 0 Å². The summed E-state index contributed by atoms with van der Waals surface area (Å²) in [5.74, 6) is 1.27. The largest absolute Gasteiger partial charge is 0.342 e. The number of aromatic nitrogens is 2. The summed E-state index contributed by atoms with van der Waals surface area (Å²) in [7, 11) is 0. The number of hydrogen-bond donors (Lipinski definition) is 2. The number of rotatable bonds is 2. The van der Waals surface area contributed by atoms with Crippen LogP contribution in [-0.2, 0) is 0 Å². The Labute approximate surface area is 77.0 Å². The molecule has 0 aliphatic rings. The molecule has 0 fully saturated rings. The number of H-pyrrole nitrogens is 1. The van der Waals surface area contributed by atoms with Crippen LogP contribution < -0.4 is 5.73 Å². The summed E-state index contributed by atoms with van der Waals surface area (Å²) in [5, 5.41) is 0. The SMILES string of the molecule is CC(CN)c1nc2ccccc2[nH]1. The van der Waals surface area contributed by atoms with E-state index in [1.165, 1.54) is 0 Å². The van der Waals surface area contributed by atoms with Crippen molar-refractivity contribution in [2.75, 3.05) is 6.54 Å². The molecule has 1 atom stereocenters. The first-order valence-corrected chi connectivity index (χ1v) is 4.46. The molecule has 0 saturated carbocycles. The van der Waals surface area contributed by atoms with Crippen molar-refractivity contribution < 1.29 is 0 Å². The minimum Gasteiger partial charge on any atom is -0.342 e. The van der Waals surface area contributed by atoms with Gasteiger partial charge in [0.15, 0.2) is 0 Å². The second-order valence-electron chi connectivity index (χ2n) is 3.28. The normalized spacial score (nSPS) is 13.4. The first-order chi connectivity index (χ1) is 6.31. The smallest absolute Gasteiger partial charge is 0.111 e. The molecule has 2 aromatic rings. The molecule has 1 aromatic heterocycles. The van der Waals surface area contributed by atoms with Gasteiger partial charge >= 0.3 is 0 Å². The number of hydrogen-bond acceptors (Lipinski definition) is 2. The van der Waals surface area contributed by atoms with E-state index in [0.29, 0.717) is 12.5 Å². The summed E-state index contributed by atoms with van der Waals surface area (Å²) in [6.07, 6.45) is 0. The summed E-state index contributed by atoms with van der Waals surface area (Å²) in [6, 6.07) is 8.01. The van der Waals surface area contributed by atoms with Crippen molar-refractivity contribution in [1.82, 2.24) is 9.97 Å². The first kappa shape index (κ1) is 8.26. The Bertz CT molecular complexity index is 372. The summed E-state index contributed by atoms with van der Waals surface area (Å²) in [5.41, 5.74) is 7.66. The maximum Gasteiger partial charge on any atom is 0.111 e. The van der Waals surface area contributed by atoms with E-state index < -0.39 is 0 Å². The van der Waals surface area contributed by atoms with Gasteiger partial charge in [-0.1, -0.05) is 19.1 Å². The van der Waals surface area contributed by atoms with E-state index in [4.69, 9.17) is 5.73 Å². The highest BCUT2D eigenvalue weighted by molar-refractivity contribution is 5.74. The quantitative estimate of drug-likeness (QED) is 0.728. The molecule has 0 aliphatic carbocycles. The van der Waals surface area contributed by atoms with Crippen molar-refractivity contribution in [3.63, 3.8) is 0 Å². The number of fused-ring (bicyclic) bond motifs is 1. The van der Waals surface area contributed by atoms with Crippen molar-refractivity contribution in [1.29, 1.82) is 0 Å². The Morgan fingerprint density at radius 2 is 2.23 bits per heavy atom. The zero-order valence-electron chi connectivity index (χ0n) is 7.62. The number of nitrogens with zero attached hydrogens (tertiary/aromatic N) is 1. The van der Waals surface area contributed by atoms with E-state index in [1.807, 2.05) is 24.3 Å². The van der Waals surface area contributed by atoms with Crippen LogP contribution in [0.3, 0.4) is 0 Å². The second kappa shape index (κ2) is 3.18. The summed E-state index contributed by atoms with van der Waals surface area (Å²) >= 11 is 0. The Balaban J connectivity index is 2.49. The Morgan fingerprint density at radius 1 is 1.46 bits per heavy atom. The first-order valence-electron chi connectivity index (χ1n) is 4.46. The van der Waals surface area contributed by atoms with Crippen molar-refractivity contribution in [2.45, 2.75) is 12.8 Å². The molecular formula is C10H13N3. The Kier molecular flexibility index (Phi) is 2.02. The number of para-hydroxylation sites is 2. The lowest BCUT2D eigenvalue weighted by Gasteiger charge is -2.01. The van der Waals surface area contributed by atoms with Gasteiger partial charge in [-0.3, -0.25) is 0 Å². The van der Waals surface area contributed by atoms with E-state index >= 15 is 0 Å². The molecule has 3 N–H and O–H groups in total. The highest BCUT2D eigenvalue weighted by Crippen LogP contribution is 2.15. The molecule has 1 aromatic carbocycles. The summed E-state index contributed by atoms with van der Waals surface area (Å²) in [4.78, 5) is 7.70. The van der Waals surface area contributed by atoms with Gasteiger partial charge in [0.1, 0.15) is 5.82 Å². The molecule has 0 radical (unpaired) electrons. The number of aromatic amines is 1. The molecular weight excluding hydrogens is 162 g/mol. The lowest BCUT2D eigenvalue weighted by atomic mass is 10.2. The van der Waals surface area contributed by atoms with Crippen LogP contribution in [0.1, 0.15) is 18.7 Å². The third-order valence-corrected chi connectivity index (χ3v) is 2.23. The van der Waals surface area contributed by atoms with Crippen molar-refractivity contribution >= 4 is 11.0 Å².